The van der Waals surface area contributed by atoms with Gasteiger partial charge in [0.15, 0.2) is 5.82 Å². The predicted octanol–water partition coefficient (Wildman–Crippen LogP) is 3.08. The number of benzene rings is 1. The fourth-order valence-corrected chi connectivity index (χ4v) is 4.29. The molecule has 1 aromatic carbocycles. The van der Waals surface area contributed by atoms with E-state index < -0.39 is 0 Å². The minimum absolute atomic E-state index is 0.0403. The number of amides is 1. The number of aromatic amines is 1. The van der Waals surface area contributed by atoms with Crippen LogP contribution in [0.5, 0.6) is 0 Å². The molecule has 1 fully saturated rings. The Labute approximate surface area is 150 Å². The summed E-state index contributed by atoms with van der Waals surface area (Å²) < 4.78 is 5.17. The molecule has 26 heavy (non-hydrogen) atoms. The Balaban J connectivity index is 1.23. The summed E-state index contributed by atoms with van der Waals surface area (Å²) in [6.45, 7) is 0.671. The molecule has 0 unspecified atom stereocenters. The molecule has 0 radical (unpaired) electrons. The van der Waals surface area contributed by atoms with Crippen LogP contribution in [0.25, 0.3) is 10.9 Å². The van der Waals surface area contributed by atoms with Crippen molar-refractivity contribution in [1.82, 2.24) is 20.4 Å². The van der Waals surface area contributed by atoms with Crippen LogP contribution in [-0.2, 0) is 6.42 Å². The molecule has 2 aliphatic carbocycles. The first kappa shape index (κ1) is 15.4. The van der Waals surface area contributed by atoms with Crippen molar-refractivity contribution in [3.63, 3.8) is 0 Å². The van der Waals surface area contributed by atoms with Crippen LogP contribution >= 0.6 is 0 Å². The summed E-state index contributed by atoms with van der Waals surface area (Å²) in [7, 11) is 0. The molecular formula is C20H20N4O2. The predicted molar refractivity (Wildman–Crippen MR) is 96.6 cm³/mol. The molecule has 6 nitrogen and oxygen atoms in total. The Morgan fingerprint density at radius 3 is 3.04 bits per heavy atom. The van der Waals surface area contributed by atoms with Gasteiger partial charge in [0.05, 0.1) is 0 Å². The van der Waals surface area contributed by atoms with Gasteiger partial charge in [0.2, 0.25) is 0 Å². The number of para-hydroxylation sites is 1. The maximum Gasteiger partial charge on any atom is 0.315 e. The van der Waals surface area contributed by atoms with Crippen LogP contribution in [0.2, 0.25) is 0 Å². The number of fused-ring (bicyclic) bond motifs is 3. The molecule has 2 aliphatic rings. The summed E-state index contributed by atoms with van der Waals surface area (Å²) in [5, 5.41) is 8.05. The van der Waals surface area contributed by atoms with Gasteiger partial charge in [-0.25, -0.2) is 0 Å². The largest absolute Gasteiger partial charge is 0.361 e. The average molecular weight is 348 g/mol. The quantitative estimate of drug-likeness (QED) is 0.694. The molecule has 1 amide bonds. The zero-order chi connectivity index (χ0) is 17.5. The molecule has 3 aromatic rings. The second kappa shape index (κ2) is 6.12. The number of H-pyrrole nitrogens is 1. The Morgan fingerprint density at radius 2 is 2.19 bits per heavy atom. The van der Waals surface area contributed by atoms with Gasteiger partial charge < -0.3 is 14.8 Å². The number of hydrogen-bond donors (Lipinski definition) is 2. The second-order valence-electron chi connectivity index (χ2n) is 7.30. The fraction of sp³-hybridized carbons (Fsp3) is 0.350. The zero-order valence-corrected chi connectivity index (χ0v) is 14.3. The minimum Gasteiger partial charge on any atom is -0.361 e. The molecule has 6 heteroatoms. The van der Waals surface area contributed by atoms with Gasteiger partial charge in [-0.1, -0.05) is 35.5 Å². The van der Waals surface area contributed by atoms with Crippen molar-refractivity contribution < 1.29 is 9.32 Å². The number of carbonyl (C=O) groups excluding carboxylic acids is 1. The minimum atomic E-state index is -0.283. The third kappa shape index (κ3) is 2.71. The van der Waals surface area contributed by atoms with Gasteiger partial charge in [0.1, 0.15) is 0 Å². The van der Waals surface area contributed by atoms with Gasteiger partial charge in [-0.3, -0.25) is 4.79 Å². The number of allylic oxidation sites excluding steroid dienone is 2. The van der Waals surface area contributed by atoms with Gasteiger partial charge in [0, 0.05) is 30.1 Å². The molecule has 3 atom stereocenters. The highest BCUT2D eigenvalue weighted by atomic mass is 16.5. The van der Waals surface area contributed by atoms with E-state index >= 15 is 0 Å². The highest BCUT2D eigenvalue weighted by molar-refractivity contribution is 5.89. The second-order valence-corrected chi connectivity index (χ2v) is 7.30. The van der Waals surface area contributed by atoms with Crippen LogP contribution in [-0.4, -0.2) is 27.6 Å². The number of aromatic nitrogens is 3. The lowest BCUT2D eigenvalue weighted by atomic mass is 9.94. The summed E-state index contributed by atoms with van der Waals surface area (Å²) in [4.78, 5) is 19.8. The molecule has 0 spiro atoms. The van der Waals surface area contributed by atoms with Crippen molar-refractivity contribution in [1.29, 1.82) is 0 Å². The number of nitrogens with zero attached hydrogens (tertiary/aromatic N) is 2. The van der Waals surface area contributed by atoms with Crippen LogP contribution in [0.4, 0.5) is 0 Å². The molecule has 132 valence electrons. The van der Waals surface area contributed by atoms with Crippen LogP contribution in [0.3, 0.4) is 0 Å². The molecule has 0 saturated heterocycles. The molecular weight excluding hydrogens is 328 g/mol. The molecule has 2 heterocycles. The third-order valence-electron chi connectivity index (χ3n) is 5.63. The van der Waals surface area contributed by atoms with Gasteiger partial charge in [0.25, 0.3) is 0 Å². The van der Waals surface area contributed by atoms with E-state index in [4.69, 9.17) is 4.52 Å². The standard InChI is InChI=1S/C20H20N4O2/c25-19(22-10-14-8-12-5-6-13(14)7-12)20-23-18(24-26-20)9-15-11-21-17-4-2-1-3-16(15)17/h1-6,11-14,21H,7-10H2,(H,22,25)/t12-,13-,14+/m0/s1. The van der Waals surface area contributed by atoms with Gasteiger partial charge >= 0.3 is 11.8 Å². The van der Waals surface area contributed by atoms with Crippen LogP contribution < -0.4 is 5.32 Å². The van der Waals surface area contributed by atoms with Gasteiger partial charge in [-0.2, -0.15) is 4.98 Å². The first-order valence-electron chi connectivity index (χ1n) is 9.10. The average Bonchev–Trinajstić information content (AvgIpc) is 3.44. The van der Waals surface area contributed by atoms with E-state index in [-0.39, 0.29) is 11.8 Å². The molecule has 1 saturated carbocycles. The SMILES string of the molecule is O=C(NC[C@H]1C[C@H]2C=C[C@H]1C2)c1nc(Cc2c[nH]c3ccccc23)no1. The topological polar surface area (TPSA) is 83.8 Å². The Kier molecular flexibility index (Phi) is 3.62. The molecule has 0 aliphatic heterocycles. The highest BCUT2D eigenvalue weighted by Crippen LogP contribution is 2.42. The number of carbonyl (C=O) groups is 1. The first-order chi connectivity index (χ1) is 12.8. The number of nitrogens with one attached hydrogen (secondary N) is 2. The molecule has 5 rings (SSSR count). The first-order valence-corrected chi connectivity index (χ1v) is 9.10. The lowest BCUT2D eigenvalue weighted by Gasteiger charge is -2.17. The van der Waals surface area contributed by atoms with Gasteiger partial charge in [-0.05, 0) is 42.2 Å². The van der Waals surface area contributed by atoms with Crippen molar-refractivity contribution >= 4 is 16.8 Å². The smallest absolute Gasteiger partial charge is 0.315 e. The van der Waals surface area contributed by atoms with Crippen LogP contribution in [0, 0.1) is 17.8 Å². The van der Waals surface area contributed by atoms with E-state index in [1.54, 1.807) is 0 Å². The summed E-state index contributed by atoms with van der Waals surface area (Å²) in [5.41, 5.74) is 2.16. The van der Waals surface area contributed by atoms with Crippen LogP contribution in [0.15, 0.2) is 47.1 Å². The van der Waals surface area contributed by atoms with Crippen molar-refractivity contribution in [2.24, 2.45) is 17.8 Å². The summed E-state index contributed by atoms with van der Waals surface area (Å²) in [6.07, 6.45) is 9.46. The summed E-state index contributed by atoms with van der Waals surface area (Å²) in [6, 6.07) is 8.07. The Morgan fingerprint density at radius 1 is 1.27 bits per heavy atom. The maximum absolute atomic E-state index is 12.3. The normalized spacial score (nSPS) is 23.8. The van der Waals surface area contributed by atoms with Crippen molar-refractivity contribution in [3.05, 3.63) is 59.9 Å². The van der Waals surface area contributed by atoms with E-state index in [2.05, 4.69) is 38.7 Å². The van der Waals surface area contributed by atoms with E-state index in [0.29, 0.717) is 36.5 Å². The lowest BCUT2D eigenvalue weighted by Crippen LogP contribution is -2.31. The fourth-order valence-electron chi connectivity index (χ4n) is 4.29. The van der Waals surface area contributed by atoms with Crippen molar-refractivity contribution in [3.8, 4) is 0 Å². The lowest BCUT2D eigenvalue weighted by molar-refractivity contribution is 0.0901. The van der Waals surface area contributed by atoms with E-state index in [1.807, 2.05) is 24.4 Å². The molecule has 2 bridgehead atoms. The van der Waals surface area contributed by atoms with E-state index in [9.17, 15) is 4.79 Å². The number of hydrogen-bond acceptors (Lipinski definition) is 4. The van der Waals surface area contributed by atoms with Gasteiger partial charge in [-0.15, -0.1) is 0 Å². The third-order valence-corrected chi connectivity index (χ3v) is 5.63. The van der Waals surface area contributed by atoms with E-state index in [0.717, 1.165) is 22.9 Å². The monoisotopic (exact) mass is 348 g/mol. The summed E-state index contributed by atoms with van der Waals surface area (Å²) in [5.74, 6) is 2.12. The maximum atomic E-state index is 12.3. The van der Waals surface area contributed by atoms with Crippen LogP contribution in [0.1, 0.15) is 34.9 Å². The van der Waals surface area contributed by atoms with Crippen molar-refractivity contribution in [2.45, 2.75) is 19.3 Å². The summed E-state index contributed by atoms with van der Waals surface area (Å²) >= 11 is 0. The Hall–Kier alpha value is -2.89. The molecule has 2 aromatic heterocycles. The molecule has 2 N–H and O–H groups in total. The highest BCUT2D eigenvalue weighted by Gasteiger charge is 2.35. The van der Waals surface area contributed by atoms with E-state index in [1.165, 1.54) is 6.42 Å². The van der Waals surface area contributed by atoms with Crippen molar-refractivity contribution in [2.75, 3.05) is 6.54 Å². The Bertz CT molecular complexity index is 987. The zero-order valence-electron chi connectivity index (χ0n) is 14.3. The number of rotatable bonds is 5.